The van der Waals surface area contributed by atoms with E-state index < -0.39 is 27.6 Å². The van der Waals surface area contributed by atoms with Gasteiger partial charge in [0.25, 0.3) is 0 Å². The number of halogens is 1. The van der Waals surface area contributed by atoms with Crippen molar-refractivity contribution < 1.29 is 22.4 Å². The van der Waals surface area contributed by atoms with E-state index in [0.717, 1.165) is 5.56 Å². The molecule has 2 rings (SSSR count). The number of sulfone groups is 1. The highest BCUT2D eigenvalue weighted by atomic mass is 32.2. The molecule has 22 heavy (non-hydrogen) atoms. The molecule has 0 aliphatic carbocycles. The molecule has 1 saturated heterocycles. The minimum atomic E-state index is -3.13. The molecule has 0 bridgehead atoms. The molecule has 120 valence electrons. The molecule has 6 nitrogen and oxygen atoms in total. The first-order valence-corrected chi connectivity index (χ1v) is 8.71. The number of carbonyl (C=O) groups excluding carboxylic acids is 2. The van der Waals surface area contributed by atoms with Gasteiger partial charge < -0.3 is 0 Å². The van der Waals surface area contributed by atoms with Crippen molar-refractivity contribution in [3.8, 4) is 0 Å². The van der Waals surface area contributed by atoms with Gasteiger partial charge in [0.1, 0.15) is 5.82 Å². The van der Waals surface area contributed by atoms with Crippen LogP contribution in [0.1, 0.15) is 18.4 Å². The van der Waals surface area contributed by atoms with Crippen LogP contribution in [0.5, 0.6) is 0 Å². The van der Waals surface area contributed by atoms with E-state index in [2.05, 4.69) is 10.9 Å². The first-order valence-electron chi connectivity index (χ1n) is 6.89. The zero-order chi connectivity index (χ0) is 16.2. The summed E-state index contributed by atoms with van der Waals surface area (Å²) in [6.07, 6.45) is 0.828. The number of amides is 2. The van der Waals surface area contributed by atoms with Gasteiger partial charge in [0.05, 0.1) is 17.4 Å². The van der Waals surface area contributed by atoms with E-state index in [1.807, 2.05) is 0 Å². The summed E-state index contributed by atoms with van der Waals surface area (Å²) >= 11 is 0. The van der Waals surface area contributed by atoms with Crippen LogP contribution in [-0.4, -0.2) is 31.7 Å². The summed E-state index contributed by atoms with van der Waals surface area (Å²) in [7, 11) is -3.13. The summed E-state index contributed by atoms with van der Waals surface area (Å²) in [5, 5.41) is 0. The van der Waals surface area contributed by atoms with E-state index in [1.54, 1.807) is 12.1 Å². The Hall–Kier alpha value is -1.96. The molecule has 1 heterocycles. The molecule has 1 aliphatic heterocycles. The van der Waals surface area contributed by atoms with Gasteiger partial charge in [-0.3, -0.25) is 20.4 Å². The standard InChI is InChI=1S/C14H17FN2O4S/c15-12-4-1-10(2-5-12)3-6-13(18)16-17-14(19)11-7-8-22(20,21)9-11/h1-2,4-5,11H,3,6-9H2,(H,16,18)(H,17,19)/t11-/m0/s1. The molecule has 1 aromatic rings. The van der Waals surface area contributed by atoms with Gasteiger partial charge in [0.15, 0.2) is 9.84 Å². The molecule has 0 saturated carbocycles. The Morgan fingerprint density at radius 1 is 1.18 bits per heavy atom. The first kappa shape index (κ1) is 16.4. The molecule has 2 amide bonds. The maximum Gasteiger partial charge on any atom is 0.242 e. The second-order valence-corrected chi connectivity index (χ2v) is 7.49. The molecule has 0 aromatic heterocycles. The first-order chi connectivity index (χ1) is 10.4. The van der Waals surface area contributed by atoms with E-state index in [-0.39, 0.29) is 30.2 Å². The molecule has 0 radical (unpaired) electrons. The smallest absolute Gasteiger partial charge is 0.242 e. The number of hydrogen-bond acceptors (Lipinski definition) is 4. The lowest BCUT2D eigenvalue weighted by atomic mass is 10.1. The Kier molecular flexibility index (Phi) is 5.12. The molecular weight excluding hydrogens is 311 g/mol. The number of benzene rings is 1. The molecule has 1 aliphatic rings. The Morgan fingerprint density at radius 2 is 1.86 bits per heavy atom. The van der Waals surface area contributed by atoms with Crippen LogP contribution in [0, 0.1) is 11.7 Å². The second-order valence-electron chi connectivity index (χ2n) is 5.26. The fraction of sp³-hybridized carbons (Fsp3) is 0.429. The fourth-order valence-electron chi connectivity index (χ4n) is 2.21. The highest BCUT2D eigenvalue weighted by Crippen LogP contribution is 2.17. The number of hydrogen-bond donors (Lipinski definition) is 2. The van der Waals surface area contributed by atoms with Crippen LogP contribution in [-0.2, 0) is 25.8 Å². The third-order valence-corrected chi connectivity index (χ3v) is 5.25. The van der Waals surface area contributed by atoms with Crippen LogP contribution < -0.4 is 10.9 Å². The fourth-order valence-corrected chi connectivity index (χ4v) is 3.95. The van der Waals surface area contributed by atoms with Crippen LogP contribution in [0.2, 0.25) is 0 Å². The average molecular weight is 328 g/mol. The maximum absolute atomic E-state index is 12.7. The summed E-state index contributed by atoms with van der Waals surface area (Å²) in [6, 6.07) is 5.81. The predicted octanol–water partition coefficient (Wildman–Crippen LogP) is 0.340. The highest BCUT2D eigenvalue weighted by Gasteiger charge is 2.33. The highest BCUT2D eigenvalue weighted by molar-refractivity contribution is 7.91. The van der Waals surface area contributed by atoms with E-state index >= 15 is 0 Å². The number of nitrogens with one attached hydrogen (secondary N) is 2. The van der Waals surface area contributed by atoms with Crippen molar-refractivity contribution in [1.29, 1.82) is 0 Å². The van der Waals surface area contributed by atoms with Crippen molar-refractivity contribution in [2.45, 2.75) is 19.3 Å². The largest absolute Gasteiger partial charge is 0.273 e. The topological polar surface area (TPSA) is 92.3 Å². The summed E-state index contributed by atoms with van der Waals surface area (Å²) < 4.78 is 35.3. The van der Waals surface area contributed by atoms with Gasteiger partial charge in [-0.05, 0) is 30.5 Å². The summed E-state index contributed by atoms with van der Waals surface area (Å²) in [6.45, 7) is 0. The molecule has 2 N–H and O–H groups in total. The Balaban J connectivity index is 1.71. The lowest BCUT2D eigenvalue weighted by Crippen LogP contribution is -2.44. The average Bonchev–Trinajstić information content (AvgIpc) is 2.84. The monoisotopic (exact) mass is 328 g/mol. The molecule has 0 spiro atoms. The van der Waals surface area contributed by atoms with Crippen LogP contribution in [0.3, 0.4) is 0 Å². The van der Waals surface area contributed by atoms with E-state index in [0.29, 0.717) is 6.42 Å². The van der Waals surface area contributed by atoms with Crippen molar-refractivity contribution in [3.63, 3.8) is 0 Å². The minimum absolute atomic E-state index is 0.00357. The zero-order valence-electron chi connectivity index (χ0n) is 11.8. The summed E-state index contributed by atoms with van der Waals surface area (Å²) in [5.74, 6) is -2.00. The van der Waals surface area contributed by atoms with Crippen LogP contribution >= 0.6 is 0 Å². The van der Waals surface area contributed by atoms with Crippen molar-refractivity contribution in [3.05, 3.63) is 35.6 Å². The van der Waals surface area contributed by atoms with Crippen molar-refractivity contribution >= 4 is 21.7 Å². The van der Waals surface area contributed by atoms with Gasteiger partial charge in [-0.15, -0.1) is 0 Å². The quantitative estimate of drug-likeness (QED) is 0.780. The molecule has 1 atom stereocenters. The normalized spacial score (nSPS) is 19.6. The molecule has 1 aromatic carbocycles. The van der Waals surface area contributed by atoms with Crippen molar-refractivity contribution in [2.75, 3.05) is 11.5 Å². The predicted molar refractivity (Wildman–Crippen MR) is 77.8 cm³/mol. The number of hydrazine groups is 1. The maximum atomic E-state index is 12.7. The second kappa shape index (κ2) is 6.87. The zero-order valence-corrected chi connectivity index (χ0v) is 12.7. The number of carbonyl (C=O) groups is 2. The Labute approximate surface area is 128 Å². The van der Waals surface area contributed by atoms with Crippen LogP contribution in [0.15, 0.2) is 24.3 Å². The van der Waals surface area contributed by atoms with E-state index in [9.17, 15) is 22.4 Å². The third kappa shape index (κ3) is 4.80. The minimum Gasteiger partial charge on any atom is -0.273 e. The summed E-state index contributed by atoms with van der Waals surface area (Å²) in [4.78, 5) is 23.3. The van der Waals surface area contributed by atoms with Crippen LogP contribution in [0.25, 0.3) is 0 Å². The van der Waals surface area contributed by atoms with Crippen molar-refractivity contribution in [1.82, 2.24) is 10.9 Å². The molecule has 0 unspecified atom stereocenters. The van der Waals surface area contributed by atoms with Gasteiger partial charge in [-0.25, -0.2) is 12.8 Å². The van der Waals surface area contributed by atoms with Crippen LogP contribution in [0.4, 0.5) is 4.39 Å². The lowest BCUT2D eigenvalue weighted by molar-refractivity contribution is -0.130. The van der Waals surface area contributed by atoms with E-state index in [4.69, 9.17) is 0 Å². The lowest BCUT2D eigenvalue weighted by Gasteiger charge is -2.10. The van der Waals surface area contributed by atoms with Gasteiger partial charge in [-0.1, -0.05) is 12.1 Å². The third-order valence-electron chi connectivity index (χ3n) is 3.48. The van der Waals surface area contributed by atoms with Gasteiger partial charge in [0, 0.05) is 6.42 Å². The van der Waals surface area contributed by atoms with E-state index in [1.165, 1.54) is 12.1 Å². The van der Waals surface area contributed by atoms with Gasteiger partial charge in [0.2, 0.25) is 11.8 Å². The van der Waals surface area contributed by atoms with Gasteiger partial charge >= 0.3 is 0 Å². The number of rotatable bonds is 4. The Bertz CT molecular complexity index is 658. The SMILES string of the molecule is O=C(CCc1ccc(F)cc1)NNC(=O)[C@H]1CCS(=O)(=O)C1. The van der Waals surface area contributed by atoms with Crippen molar-refractivity contribution in [2.24, 2.45) is 5.92 Å². The summed E-state index contributed by atoms with van der Waals surface area (Å²) in [5.41, 5.74) is 5.32. The number of aryl methyl sites for hydroxylation is 1. The molecular formula is C14H17FN2O4S. The molecule has 8 heteroatoms. The molecule has 1 fully saturated rings. The van der Waals surface area contributed by atoms with Gasteiger partial charge in [-0.2, -0.15) is 0 Å². The Morgan fingerprint density at radius 3 is 2.45 bits per heavy atom.